The van der Waals surface area contributed by atoms with Gasteiger partial charge in [0.2, 0.25) is 15.9 Å². The number of nitrogens with zero attached hydrogens (tertiary/aromatic N) is 1. The molecule has 0 bridgehead atoms. The zero-order valence-electron chi connectivity index (χ0n) is 15.9. The van der Waals surface area contributed by atoms with Crippen LogP contribution in [0.15, 0.2) is 29.2 Å². The standard InChI is InChI=1S/C18H29N3O4S.ClH/c1-21(15-8-4-3-5-9-15)26(23,24)17-10-6-7-14(11-17)20-18(22)12-16(13-19)25-2;/h6-7,10-11,15-16H,3-5,8-9,12-13,19H2,1-2H3,(H,20,22);1H. The van der Waals surface area contributed by atoms with Crippen LogP contribution >= 0.6 is 12.4 Å². The average Bonchev–Trinajstić information content (AvgIpc) is 2.66. The zero-order valence-corrected chi connectivity index (χ0v) is 17.5. The summed E-state index contributed by atoms with van der Waals surface area (Å²) in [6.45, 7) is 0.241. The highest BCUT2D eigenvalue weighted by molar-refractivity contribution is 7.89. The van der Waals surface area contributed by atoms with Gasteiger partial charge >= 0.3 is 0 Å². The maximum absolute atomic E-state index is 12.9. The Morgan fingerprint density at radius 3 is 2.59 bits per heavy atom. The van der Waals surface area contributed by atoms with E-state index in [2.05, 4.69) is 5.32 Å². The molecule has 2 rings (SSSR count). The number of amides is 1. The molecule has 1 saturated carbocycles. The van der Waals surface area contributed by atoms with Gasteiger partial charge in [0.15, 0.2) is 0 Å². The lowest BCUT2D eigenvalue weighted by molar-refractivity contribution is -0.118. The van der Waals surface area contributed by atoms with Crippen molar-refractivity contribution in [1.82, 2.24) is 4.31 Å². The Morgan fingerprint density at radius 1 is 1.33 bits per heavy atom. The van der Waals surface area contributed by atoms with Crippen molar-refractivity contribution in [3.05, 3.63) is 24.3 Å². The van der Waals surface area contributed by atoms with E-state index in [1.54, 1.807) is 25.2 Å². The first-order chi connectivity index (χ1) is 12.4. The smallest absolute Gasteiger partial charge is 0.243 e. The Labute approximate surface area is 168 Å². The lowest BCUT2D eigenvalue weighted by atomic mass is 9.96. The molecule has 1 amide bonds. The molecular formula is C18H30ClN3O4S. The number of benzene rings is 1. The van der Waals surface area contributed by atoms with Crippen LogP contribution in [0.3, 0.4) is 0 Å². The molecule has 1 aromatic rings. The van der Waals surface area contributed by atoms with Crippen LogP contribution in [0.4, 0.5) is 5.69 Å². The van der Waals surface area contributed by atoms with Crippen molar-refractivity contribution in [3.8, 4) is 0 Å². The number of methoxy groups -OCH3 is 1. The van der Waals surface area contributed by atoms with E-state index in [0.29, 0.717) is 5.69 Å². The Morgan fingerprint density at radius 2 is 2.00 bits per heavy atom. The minimum absolute atomic E-state index is 0. The fourth-order valence-electron chi connectivity index (χ4n) is 3.22. The van der Waals surface area contributed by atoms with Gasteiger partial charge in [0.25, 0.3) is 0 Å². The number of carbonyl (C=O) groups excluding carboxylic acids is 1. The van der Waals surface area contributed by atoms with Crippen molar-refractivity contribution in [2.24, 2.45) is 5.73 Å². The van der Waals surface area contributed by atoms with Gasteiger partial charge in [-0.25, -0.2) is 8.42 Å². The molecule has 0 radical (unpaired) electrons. The monoisotopic (exact) mass is 419 g/mol. The highest BCUT2D eigenvalue weighted by atomic mass is 35.5. The van der Waals surface area contributed by atoms with E-state index >= 15 is 0 Å². The second-order valence-electron chi connectivity index (χ2n) is 6.69. The van der Waals surface area contributed by atoms with E-state index in [1.165, 1.54) is 17.5 Å². The van der Waals surface area contributed by atoms with Crippen molar-refractivity contribution >= 4 is 34.0 Å². The van der Waals surface area contributed by atoms with Gasteiger partial charge in [0.1, 0.15) is 0 Å². The van der Waals surface area contributed by atoms with E-state index in [0.717, 1.165) is 32.1 Å². The lowest BCUT2D eigenvalue weighted by Gasteiger charge is -2.30. The molecule has 1 aliphatic rings. The third-order valence-electron chi connectivity index (χ3n) is 4.89. The van der Waals surface area contributed by atoms with Crippen LogP contribution in [-0.2, 0) is 19.6 Å². The highest BCUT2D eigenvalue weighted by Gasteiger charge is 2.29. The van der Waals surface area contributed by atoms with Gasteiger partial charge in [-0.1, -0.05) is 25.3 Å². The molecule has 9 heteroatoms. The van der Waals surface area contributed by atoms with Crippen molar-refractivity contribution in [1.29, 1.82) is 0 Å². The SMILES string of the molecule is COC(CN)CC(=O)Nc1cccc(S(=O)(=O)N(C)C2CCCCC2)c1.Cl. The summed E-state index contributed by atoms with van der Waals surface area (Å²) in [5, 5.41) is 2.71. The quantitative estimate of drug-likeness (QED) is 0.673. The Balaban J connectivity index is 0.00000364. The third kappa shape index (κ3) is 6.43. The van der Waals surface area contributed by atoms with Crippen LogP contribution in [0.1, 0.15) is 38.5 Å². The topological polar surface area (TPSA) is 102 Å². The van der Waals surface area contributed by atoms with E-state index in [-0.39, 0.29) is 48.3 Å². The van der Waals surface area contributed by atoms with Crippen LogP contribution in [-0.4, -0.2) is 51.5 Å². The first-order valence-electron chi connectivity index (χ1n) is 8.99. The molecule has 1 aliphatic carbocycles. The summed E-state index contributed by atoms with van der Waals surface area (Å²) < 4.78 is 32.4. The van der Waals surface area contributed by atoms with Crippen LogP contribution in [0.2, 0.25) is 0 Å². The number of halogens is 1. The molecule has 1 fully saturated rings. The Bertz CT molecular complexity index is 704. The van der Waals surface area contributed by atoms with Crippen LogP contribution in [0.25, 0.3) is 0 Å². The lowest BCUT2D eigenvalue weighted by Crippen LogP contribution is -2.38. The average molecular weight is 420 g/mol. The Hall–Kier alpha value is -1.19. The van der Waals surface area contributed by atoms with Gasteiger partial charge in [-0.05, 0) is 31.0 Å². The number of nitrogens with one attached hydrogen (secondary N) is 1. The molecule has 0 heterocycles. The predicted molar refractivity (Wildman–Crippen MR) is 109 cm³/mol. The molecule has 1 unspecified atom stereocenters. The van der Waals surface area contributed by atoms with Crippen LogP contribution in [0.5, 0.6) is 0 Å². The zero-order chi connectivity index (χ0) is 19.2. The molecule has 0 spiro atoms. The minimum Gasteiger partial charge on any atom is -0.380 e. The molecular weight excluding hydrogens is 390 g/mol. The third-order valence-corrected chi connectivity index (χ3v) is 6.80. The number of nitrogens with two attached hydrogens (primary N) is 1. The van der Waals surface area contributed by atoms with Gasteiger partial charge < -0.3 is 15.8 Å². The fourth-order valence-corrected chi connectivity index (χ4v) is 4.69. The summed E-state index contributed by atoms with van der Waals surface area (Å²) >= 11 is 0. The molecule has 1 aromatic carbocycles. The predicted octanol–water partition coefficient (Wildman–Crippen LogP) is 2.36. The molecule has 27 heavy (non-hydrogen) atoms. The van der Waals surface area contributed by atoms with Crippen molar-refractivity contribution < 1.29 is 17.9 Å². The molecule has 3 N–H and O–H groups in total. The summed E-state index contributed by atoms with van der Waals surface area (Å²) in [5.41, 5.74) is 5.96. The number of hydrogen-bond acceptors (Lipinski definition) is 5. The normalized spacial score (nSPS) is 16.6. The van der Waals surface area contributed by atoms with Crippen molar-refractivity contribution in [3.63, 3.8) is 0 Å². The van der Waals surface area contributed by atoms with Gasteiger partial charge in [-0.3, -0.25) is 4.79 Å². The second kappa shape index (κ2) is 11.0. The van der Waals surface area contributed by atoms with Gasteiger partial charge in [0.05, 0.1) is 17.4 Å². The van der Waals surface area contributed by atoms with Crippen molar-refractivity contribution in [2.75, 3.05) is 26.0 Å². The Kier molecular flexibility index (Phi) is 9.69. The molecule has 7 nitrogen and oxygen atoms in total. The molecule has 0 aromatic heterocycles. The minimum atomic E-state index is -3.59. The number of hydrogen-bond donors (Lipinski definition) is 2. The number of ether oxygens (including phenoxy) is 1. The maximum Gasteiger partial charge on any atom is 0.243 e. The van der Waals surface area contributed by atoms with E-state index < -0.39 is 10.0 Å². The summed E-state index contributed by atoms with van der Waals surface area (Å²) in [5.74, 6) is -0.266. The molecule has 1 atom stereocenters. The van der Waals surface area contributed by atoms with E-state index in [1.807, 2.05) is 0 Å². The fraction of sp³-hybridized carbons (Fsp3) is 0.611. The maximum atomic E-state index is 12.9. The van der Waals surface area contributed by atoms with E-state index in [9.17, 15) is 13.2 Å². The number of sulfonamides is 1. The number of rotatable bonds is 8. The van der Waals surface area contributed by atoms with Crippen LogP contribution < -0.4 is 11.1 Å². The summed E-state index contributed by atoms with van der Waals surface area (Å²) in [7, 11) is -0.453. The van der Waals surface area contributed by atoms with Crippen molar-refractivity contribution in [2.45, 2.75) is 55.6 Å². The first-order valence-corrected chi connectivity index (χ1v) is 10.4. The highest BCUT2D eigenvalue weighted by Crippen LogP contribution is 2.27. The summed E-state index contributed by atoms with van der Waals surface area (Å²) in [6.07, 6.45) is 4.82. The molecule has 0 aliphatic heterocycles. The largest absolute Gasteiger partial charge is 0.380 e. The second-order valence-corrected chi connectivity index (χ2v) is 8.68. The summed E-state index contributed by atoms with van der Waals surface area (Å²) in [4.78, 5) is 12.3. The van der Waals surface area contributed by atoms with E-state index in [4.69, 9.17) is 10.5 Å². The number of carbonyl (C=O) groups is 1. The van der Waals surface area contributed by atoms with Gasteiger partial charge in [-0.15, -0.1) is 12.4 Å². The first kappa shape index (κ1) is 23.8. The van der Waals surface area contributed by atoms with Gasteiger partial charge in [-0.2, -0.15) is 4.31 Å². The molecule has 154 valence electrons. The van der Waals surface area contributed by atoms with Crippen LogP contribution in [0, 0.1) is 0 Å². The molecule has 0 saturated heterocycles. The number of anilines is 1. The summed E-state index contributed by atoms with van der Waals surface area (Å²) in [6, 6.07) is 6.40. The van der Waals surface area contributed by atoms with Gasteiger partial charge in [0, 0.05) is 32.4 Å².